The van der Waals surface area contributed by atoms with E-state index in [1.807, 2.05) is 19.1 Å². The number of rotatable bonds is 9. The minimum absolute atomic E-state index is 0.360. The van der Waals surface area contributed by atoms with Crippen molar-refractivity contribution in [3.8, 4) is 0 Å². The van der Waals surface area contributed by atoms with E-state index in [4.69, 9.17) is 9.47 Å². The van der Waals surface area contributed by atoms with Crippen molar-refractivity contribution < 1.29 is 23.3 Å². The Bertz CT molecular complexity index is 707. The number of esters is 1. The minimum Gasteiger partial charge on any atom is -0.457 e. The Morgan fingerprint density at radius 2 is 1.79 bits per heavy atom. The molecule has 0 aromatic heterocycles. The number of carbonyl (C=O) groups is 2. The highest BCUT2D eigenvalue weighted by Gasteiger charge is 2.22. The third-order valence-electron chi connectivity index (χ3n) is 3.70. The van der Waals surface area contributed by atoms with Crippen LogP contribution in [0.3, 0.4) is 0 Å². The zero-order valence-corrected chi connectivity index (χ0v) is 18.2. The predicted molar refractivity (Wildman–Crippen MR) is 110 cm³/mol. The molecule has 0 radical (unpaired) electrons. The highest BCUT2D eigenvalue weighted by atomic mass is 32.2. The summed E-state index contributed by atoms with van der Waals surface area (Å²) in [5, 5.41) is 2.69. The summed E-state index contributed by atoms with van der Waals surface area (Å²) in [5.74, 6) is -0.445. The molecule has 0 saturated carbocycles. The van der Waals surface area contributed by atoms with E-state index in [9.17, 15) is 13.8 Å². The molecule has 1 amide bonds. The molecule has 0 fully saturated rings. The largest absolute Gasteiger partial charge is 0.457 e. The van der Waals surface area contributed by atoms with Gasteiger partial charge in [-0.2, -0.15) is 0 Å². The molecule has 28 heavy (non-hydrogen) atoms. The van der Waals surface area contributed by atoms with Crippen LogP contribution in [0.1, 0.15) is 52.5 Å². The Morgan fingerprint density at radius 1 is 1.18 bits per heavy atom. The number of benzene rings is 1. The van der Waals surface area contributed by atoms with Crippen LogP contribution in [0, 0.1) is 6.92 Å². The number of unbranched alkanes of at least 4 members (excludes halogenated alkanes) is 1. The molecule has 0 aliphatic heterocycles. The minimum atomic E-state index is -1.47. The average molecular weight is 410 g/mol. The van der Waals surface area contributed by atoms with Crippen molar-refractivity contribution in [1.29, 1.82) is 0 Å². The SMILES string of the molecule is C=C(C(CCCCNC(=O)OC(C)(C)C)OC(C)=O)S(=O)c1ccc(C)cc1. The summed E-state index contributed by atoms with van der Waals surface area (Å²) in [6.45, 7) is 13.0. The molecule has 0 aliphatic rings. The molecule has 2 unspecified atom stereocenters. The van der Waals surface area contributed by atoms with Crippen LogP contribution in [-0.2, 0) is 25.1 Å². The number of aryl methyl sites for hydroxylation is 1. The fraction of sp³-hybridized carbons (Fsp3) is 0.524. The number of hydrogen-bond donors (Lipinski definition) is 1. The van der Waals surface area contributed by atoms with Crippen LogP contribution in [0.2, 0.25) is 0 Å². The quantitative estimate of drug-likeness (QED) is 0.487. The van der Waals surface area contributed by atoms with E-state index in [1.54, 1.807) is 32.9 Å². The first-order chi connectivity index (χ1) is 13.0. The molecular formula is C21H31NO5S. The van der Waals surface area contributed by atoms with Gasteiger partial charge in [-0.05, 0) is 59.1 Å². The van der Waals surface area contributed by atoms with Gasteiger partial charge in [0.05, 0.1) is 15.7 Å². The molecule has 1 rings (SSSR count). The molecule has 0 heterocycles. The van der Waals surface area contributed by atoms with Gasteiger partial charge in [-0.25, -0.2) is 9.00 Å². The zero-order valence-electron chi connectivity index (χ0n) is 17.4. The maximum atomic E-state index is 12.7. The summed E-state index contributed by atoms with van der Waals surface area (Å²) in [4.78, 5) is 24.0. The van der Waals surface area contributed by atoms with E-state index in [0.717, 1.165) is 5.56 Å². The Hall–Kier alpha value is -2.15. The summed E-state index contributed by atoms with van der Waals surface area (Å²) < 4.78 is 23.2. The van der Waals surface area contributed by atoms with Crippen molar-refractivity contribution in [2.24, 2.45) is 0 Å². The van der Waals surface area contributed by atoms with Crippen LogP contribution in [-0.4, -0.2) is 34.5 Å². The van der Waals surface area contributed by atoms with Crippen molar-refractivity contribution in [3.05, 3.63) is 41.3 Å². The number of hydrogen-bond acceptors (Lipinski definition) is 5. The lowest BCUT2D eigenvalue weighted by Gasteiger charge is -2.20. The van der Waals surface area contributed by atoms with Crippen LogP contribution >= 0.6 is 0 Å². The van der Waals surface area contributed by atoms with Gasteiger partial charge in [-0.1, -0.05) is 24.3 Å². The molecule has 7 heteroatoms. The Balaban J connectivity index is 2.55. The first-order valence-electron chi connectivity index (χ1n) is 9.31. The summed E-state index contributed by atoms with van der Waals surface area (Å²) in [6.07, 6.45) is 0.709. The van der Waals surface area contributed by atoms with Crippen LogP contribution < -0.4 is 5.32 Å². The van der Waals surface area contributed by atoms with Crippen LogP contribution in [0.25, 0.3) is 0 Å². The standard InChI is InChI=1S/C21H31NO5S/c1-15-10-12-18(13-11-15)28(25)16(2)19(26-17(3)23)9-7-8-14-22-20(24)27-21(4,5)6/h10-13,19H,2,7-9,14H2,1,3-6H3,(H,22,24). The van der Waals surface area contributed by atoms with Crippen LogP contribution in [0.5, 0.6) is 0 Å². The number of alkyl carbamates (subject to hydrolysis) is 1. The van der Waals surface area contributed by atoms with E-state index >= 15 is 0 Å². The normalized spacial score (nSPS) is 13.3. The van der Waals surface area contributed by atoms with Gasteiger partial charge in [0.25, 0.3) is 0 Å². The van der Waals surface area contributed by atoms with E-state index in [-0.39, 0.29) is 0 Å². The number of carbonyl (C=O) groups excluding carboxylic acids is 2. The average Bonchev–Trinajstić information content (AvgIpc) is 2.58. The van der Waals surface area contributed by atoms with Crippen molar-refractivity contribution in [1.82, 2.24) is 5.32 Å². The Labute approximate surface area is 170 Å². The second-order valence-electron chi connectivity index (χ2n) is 7.57. The molecule has 0 saturated heterocycles. The summed E-state index contributed by atoms with van der Waals surface area (Å²) >= 11 is 0. The van der Waals surface area contributed by atoms with Crippen molar-refractivity contribution in [3.63, 3.8) is 0 Å². The smallest absolute Gasteiger partial charge is 0.407 e. The summed E-state index contributed by atoms with van der Waals surface area (Å²) in [7, 11) is -1.47. The lowest BCUT2D eigenvalue weighted by atomic mass is 10.1. The van der Waals surface area contributed by atoms with E-state index in [1.165, 1.54) is 6.92 Å². The van der Waals surface area contributed by atoms with Crippen molar-refractivity contribution >= 4 is 22.9 Å². The first-order valence-corrected chi connectivity index (χ1v) is 10.5. The number of nitrogens with one attached hydrogen (secondary N) is 1. The predicted octanol–water partition coefficient (Wildman–Crippen LogP) is 4.24. The molecule has 156 valence electrons. The van der Waals surface area contributed by atoms with Crippen molar-refractivity contribution in [2.75, 3.05) is 6.54 Å². The van der Waals surface area contributed by atoms with Gasteiger partial charge in [-0.3, -0.25) is 4.79 Å². The summed E-state index contributed by atoms with van der Waals surface area (Å²) in [6, 6.07) is 7.33. The molecular weight excluding hydrogens is 378 g/mol. The maximum Gasteiger partial charge on any atom is 0.407 e. The molecule has 1 aromatic rings. The van der Waals surface area contributed by atoms with E-state index in [0.29, 0.717) is 35.6 Å². The van der Waals surface area contributed by atoms with Crippen LogP contribution in [0.15, 0.2) is 40.6 Å². The zero-order chi connectivity index (χ0) is 21.3. The van der Waals surface area contributed by atoms with Crippen LogP contribution in [0.4, 0.5) is 4.79 Å². The fourth-order valence-corrected chi connectivity index (χ4v) is 3.47. The topological polar surface area (TPSA) is 81.7 Å². The lowest BCUT2D eigenvalue weighted by molar-refractivity contribution is -0.144. The lowest BCUT2D eigenvalue weighted by Crippen LogP contribution is -2.33. The fourth-order valence-electron chi connectivity index (χ4n) is 2.38. The van der Waals surface area contributed by atoms with Gasteiger partial charge in [0.1, 0.15) is 11.7 Å². The third kappa shape index (κ3) is 9.17. The second kappa shape index (κ2) is 11.0. The van der Waals surface area contributed by atoms with Gasteiger partial charge in [-0.15, -0.1) is 0 Å². The summed E-state index contributed by atoms with van der Waals surface area (Å²) in [5.41, 5.74) is 0.530. The molecule has 2 atom stereocenters. The Morgan fingerprint density at radius 3 is 2.32 bits per heavy atom. The van der Waals surface area contributed by atoms with Gasteiger partial charge in [0.2, 0.25) is 0 Å². The van der Waals surface area contributed by atoms with Gasteiger partial charge < -0.3 is 14.8 Å². The molecule has 0 bridgehead atoms. The highest BCUT2D eigenvalue weighted by molar-refractivity contribution is 7.89. The number of ether oxygens (including phenoxy) is 2. The second-order valence-corrected chi connectivity index (χ2v) is 9.10. The van der Waals surface area contributed by atoms with E-state index in [2.05, 4.69) is 11.9 Å². The molecule has 0 spiro atoms. The monoisotopic (exact) mass is 409 g/mol. The van der Waals surface area contributed by atoms with Gasteiger partial charge in [0, 0.05) is 18.4 Å². The first kappa shape index (κ1) is 23.9. The highest BCUT2D eigenvalue weighted by Crippen LogP contribution is 2.22. The van der Waals surface area contributed by atoms with Gasteiger partial charge in [0.15, 0.2) is 0 Å². The molecule has 6 nitrogen and oxygen atoms in total. The maximum absolute atomic E-state index is 12.7. The Kier molecular flexibility index (Phi) is 9.38. The molecule has 1 N–H and O–H groups in total. The van der Waals surface area contributed by atoms with Gasteiger partial charge >= 0.3 is 12.1 Å². The number of amides is 1. The third-order valence-corrected chi connectivity index (χ3v) is 5.14. The van der Waals surface area contributed by atoms with Crippen molar-refractivity contribution in [2.45, 2.75) is 70.5 Å². The molecule has 0 aliphatic carbocycles. The molecule has 1 aromatic carbocycles. The van der Waals surface area contributed by atoms with E-state index < -0.39 is 34.6 Å².